The molecule has 2 saturated carbocycles. The van der Waals surface area contributed by atoms with E-state index in [9.17, 15) is 19.8 Å². The van der Waals surface area contributed by atoms with Crippen LogP contribution in [-0.2, 0) is 9.59 Å². The lowest BCUT2D eigenvalue weighted by Gasteiger charge is -2.41. The van der Waals surface area contributed by atoms with Crippen LogP contribution in [-0.4, -0.2) is 45.3 Å². The number of rotatable bonds is 1. The highest BCUT2D eigenvalue weighted by Gasteiger charge is 2.60. The molecule has 0 amide bonds. The molecular formula is C15H21NO4. The van der Waals surface area contributed by atoms with Crippen LogP contribution in [0.3, 0.4) is 0 Å². The highest BCUT2D eigenvalue weighted by atomic mass is 16.4. The van der Waals surface area contributed by atoms with Gasteiger partial charge in [-0.15, -0.1) is 0 Å². The van der Waals surface area contributed by atoms with Gasteiger partial charge in [0.2, 0.25) is 0 Å². The molecule has 20 heavy (non-hydrogen) atoms. The summed E-state index contributed by atoms with van der Waals surface area (Å²) in [5.41, 5.74) is -0.643. The maximum Gasteiger partial charge on any atom is 0.192 e. The molecule has 3 atom stereocenters. The summed E-state index contributed by atoms with van der Waals surface area (Å²) in [6.07, 6.45) is 4.14. The zero-order valence-electron chi connectivity index (χ0n) is 11.9. The monoisotopic (exact) mass is 279 g/mol. The molecule has 1 heterocycles. The number of fused-ring (bicyclic) bond motifs is 1. The van der Waals surface area contributed by atoms with Crippen molar-refractivity contribution in [3.05, 3.63) is 0 Å². The number of ketones is 1. The van der Waals surface area contributed by atoms with E-state index in [4.69, 9.17) is 0 Å². The Kier molecular flexibility index (Phi) is 3.01. The normalized spacial score (nSPS) is 44.7. The first-order chi connectivity index (χ1) is 9.37. The van der Waals surface area contributed by atoms with Gasteiger partial charge in [0.1, 0.15) is 18.3 Å². The minimum atomic E-state index is -1.03. The summed E-state index contributed by atoms with van der Waals surface area (Å²) in [6.45, 7) is 2.58. The Balaban J connectivity index is 1.93. The van der Waals surface area contributed by atoms with Crippen molar-refractivity contribution in [2.24, 2.45) is 5.41 Å². The molecule has 3 fully saturated rings. The summed E-state index contributed by atoms with van der Waals surface area (Å²) in [4.78, 5) is 23.2. The van der Waals surface area contributed by atoms with Crippen LogP contribution in [0.15, 0.2) is 0 Å². The summed E-state index contributed by atoms with van der Waals surface area (Å²) >= 11 is 0. The number of carboxylic acids is 1. The fourth-order valence-corrected chi connectivity index (χ4v) is 4.24. The summed E-state index contributed by atoms with van der Waals surface area (Å²) in [7, 11) is 0. The van der Waals surface area contributed by atoms with E-state index >= 15 is 0 Å². The number of Topliss-reactive ketones (excluding diaryl/α,β-unsaturated/α-hetero) is 1. The van der Waals surface area contributed by atoms with E-state index in [0.29, 0.717) is 45.1 Å². The Morgan fingerprint density at radius 1 is 1.40 bits per heavy atom. The van der Waals surface area contributed by atoms with Crippen molar-refractivity contribution in [2.45, 2.75) is 63.5 Å². The number of carbonyl (C=O) groups is 2. The number of aliphatic hydroxyl groups is 1. The van der Waals surface area contributed by atoms with E-state index in [-0.39, 0.29) is 5.78 Å². The van der Waals surface area contributed by atoms with Crippen LogP contribution in [0.25, 0.3) is 0 Å². The second-order valence-corrected chi connectivity index (χ2v) is 6.70. The summed E-state index contributed by atoms with van der Waals surface area (Å²) < 4.78 is 1.90. The molecule has 0 aromatic rings. The van der Waals surface area contributed by atoms with Gasteiger partial charge in [0.05, 0.1) is 17.4 Å². The molecule has 5 heteroatoms. The molecule has 0 radical (unpaired) electrons. The first-order valence-electron chi connectivity index (χ1n) is 7.45. The van der Waals surface area contributed by atoms with Gasteiger partial charge in [0, 0.05) is 25.7 Å². The Hall–Kier alpha value is -1.23. The molecule has 2 aliphatic carbocycles. The number of hydrogen-bond donors (Lipinski definition) is 1. The minimum absolute atomic E-state index is 0.150. The molecule has 3 aliphatic rings. The number of hydrogen-bond acceptors (Lipinski definition) is 4. The van der Waals surface area contributed by atoms with Crippen molar-refractivity contribution >= 4 is 17.5 Å². The maximum absolute atomic E-state index is 12.0. The predicted octanol–water partition coefficient (Wildman–Crippen LogP) is -0.364. The van der Waals surface area contributed by atoms with E-state index in [1.807, 2.05) is 11.5 Å². The molecule has 0 aromatic carbocycles. The molecule has 1 saturated heterocycles. The Morgan fingerprint density at radius 3 is 2.85 bits per heavy atom. The molecule has 5 nitrogen and oxygen atoms in total. The van der Waals surface area contributed by atoms with Crippen molar-refractivity contribution in [1.29, 1.82) is 0 Å². The maximum atomic E-state index is 12.0. The number of carboxylic acid groups (broad SMARTS) is 1. The zero-order valence-corrected chi connectivity index (χ0v) is 11.9. The predicted molar refractivity (Wildman–Crippen MR) is 69.3 cm³/mol. The van der Waals surface area contributed by atoms with Gasteiger partial charge in [-0.25, -0.2) is 4.58 Å². The summed E-state index contributed by atoms with van der Waals surface area (Å²) in [5, 5.41) is 22.1. The Morgan fingerprint density at radius 2 is 2.15 bits per heavy atom. The fraction of sp³-hybridized carbons (Fsp3) is 0.800. The second kappa shape index (κ2) is 4.38. The van der Waals surface area contributed by atoms with E-state index in [2.05, 4.69) is 0 Å². The van der Waals surface area contributed by atoms with Gasteiger partial charge in [0.25, 0.3) is 0 Å². The summed E-state index contributed by atoms with van der Waals surface area (Å²) in [6, 6.07) is -0.560. The van der Waals surface area contributed by atoms with Crippen molar-refractivity contribution in [3.8, 4) is 0 Å². The van der Waals surface area contributed by atoms with Crippen LogP contribution < -0.4 is 5.11 Å². The Labute approximate surface area is 118 Å². The van der Waals surface area contributed by atoms with Crippen LogP contribution in [0.1, 0.15) is 51.9 Å². The number of aliphatic carboxylic acids is 1. The van der Waals surface area contributed by atoms with Gasteiger partial charge in [0.15, 0.2) is 11.8 Å². The average Bonchev–Trinajstić information content (AvgIpc) is 2.96. The first kappa shape index (κ1) is 13.7. The fourth-order valence-electron chi connectivity index (χ4n) is 4.24. The number of carbonyl (C=O) groups excluding carboxylic acids is 2. The lowest BCUT2D eigenvalue weighted by molar-refractivity contribution is -0.546. The van der Waals surface area contributed by atoms with E-state index in [0.717, 1.165) is 12.1 Å². The van der Waals surface area contributed by atoms with Crippen molar-refractivity contribution < 1.29 is 24.4 Å². The van der Waals surface area contributed by atoms with E-state index in [1.54, 1.807) is 0 Å². The minimum Gasteiger partial charge on any atom is -0.543 e. The third-order valence-corrected chi connectivity index (χ3v) is 5.75. The quantitative estimate of drug-likeness (QED) is 0.665. The molecule has 110 valence electrons. The van der Waals surface area contributed by atoms with Crippen molar-refractivity contribution in [2.75, 3.05) is 6.54 Å². The van der Waals surface area contributed by atoms with Gasteiger partial charge in [-0.2, -0.15) is 0 Å². The van der Waals surface area contributed by atoms with Gasteiger partial charge in [-0.1, -0.05) is 0 Å². The molecular weight excluding hydrogens is 258 g/mol. The van der Waals surface area contributed by atoms with Gasteiger partial charge in [-0.05, 0) is 19.8 Å². The molecule has 1 N–H and O–H groups in total. The number of nitrogens with zero attached hydrogens (tertiary/aromatic N) is 1. The van der Waals surface area contributed by atoms with Gasteiger partial charge >= 0.3 is 0 Å². The lowest BCUT2D eigenvalue weighted by Crippen LogP contribution is -2.53. The standard InChI is InChI=1S/C15H21NO4/c1-14-6-4-10(9-15(14,20)7-5-12(14)17)16-8-2-3-11(16)13(18)19/h11,20H,2-9H2,1H3/t11-,14-,15+/m0/s1. The first-order valence-corrected chi connectivity index (χ1v) is 7.45. The second-order valence-electron chi connectivity index (χ2n) is 6.70. The van der Waals surface area contributed by atoms with E-state index in [1.165, 1.54) is 0 Å². The molecule has 1 aliphatic heterocycles. The lowest BCUT2D eigenvalue weighted by atomic mass is 9.65. The molecule has 0 spiro atoms. The van der Waals surface area contributed by atoms with Gasteiger partial charge in [-0.3, -0.25) is 4.79 Å². The Bertz CT molecular complexity index is 512. The highest BCUT2D eigenvalue weighted by Crippen LogP contribution is 2.52. The third-order valence-electron chi connectivity index (χ3n) is 5.75. The molecule has 3 rings (SSSR count). The molecule has 0 bridgehead atoms. The third kappa shape index (κ3) is 1.75. The largest absolute Gasteiger partial charge is 0.543 e. The van der Waals surface area contributed by atoms with Crippen molar-refractivity contribution in [3.63, 3.8) is 0 Å². The molecule has 0 aromatic heterocycles. The van der Waals surface area contributed by atoms with Crippen LogP contribution in [0.2, 0.25) is 0 Å². The van der Waals surface area contributed by atoms with Crippen LogP contribution in [0.5, 0.6) is 0 Å². The zero-order chi connectivity index (χ0) is 14.5. The average molecular weight is 279 g/mol. The van der Waals surface area contributed by atoms with Crippen LogP contribution in [0, 0.1) is 5.41 Å². The van der Waals surface area contributed by atoms with Crippen LogP contribution >= 0.6 is 0 Å². The van der Waals surface area contributed by atoms with E-state index < -0.39 is 23.0 Å². The SMILES string of the molecule is C[C@@]12CCC(=[N+]3CCC[C@H]3C(=O)[O-])C[C@]1(O)CCC2=O. The summed E-state index contributed by atoms with van der Waals surface area (Å²) in [5.74, 6) is -0.880. The smallest absolute Gasteiger partial charge is 0.192 e. The van der Waals surface area contributed by atoms with Crippen LogP contribution in [0.4, 0.5) is 0 Å². The molecule has 0 unspecified atom stereocenters. The van der Waals surface area contributed by atoms with Gasteiger partial charge < -0.3 is 15.0 Å². The van der Waals surface area contributed by atoms with Crippen molar-refractivity contribution in [1.82, 2.24) is 0 Å². The highest BCUT2D eigenvalue weighted by molar-refractivity contribution is 5.93. The topological polar surface area (TPSA) is 80.4 Å².